The zero-order valence-electron chi connectivity index (χ0n) is 10.7. The summed E-state index contributed by atoms with van der Waals surface area (Å²) < 4.78 is 5.52. The van der Waals surface area contributed by atoms with Crippen LogP contribution >= 0.6 is 0 Å². The molecule has 1 aromatic rings. The van der Waals surface area contributed by atoms with Crippen molar-refractivity contribution < 1.29 is 14.8 Å². The first-order valence-corrected chi connectivity index (χ1v) is 6.07. The number of anilines is 2. The second kappa shape index (κ2) is 5.41. The summed E-state index contributed by atoms with van der Waals surface area (Å²) >= 11 is 0. The van der Waals surface area contributed by atoms with Crippen LogP contribution in [0.25, 0.3) is 0 Å². The Morgan fingerprint density at radius 3 is 2.95 bits per heavy atom. The molecule has 7 heteroatoms. The fraction of sp³-hybridized carbons (Fsp3) is 0.500. The van der Waals surface area contributed by atoms with Crippen LogP contribution < -0.4 is 10.6 Å². The molecule has 1 fully saturated rings. The van der Waals surface area contributed by atoms with E-state index in [0.717, 1.165) is 0 Å². The molecule has 0 saturated carbocycles. The van der Waals surface area contributed by atoms with Gasteiger partial charge in [0.1, 0.15) is 11.4 Å². The van der Waals surface area contributed by atoms with Crippen LogP contribution in [0.2, 0.25) is 0 Å². The van der Waals surface area contributed by atoms with Crippen LogP contribution in [0.3, 0.4) is 0 Å². The Morgan fingerprint density at radius 1 is 1.58 bits per heavy atom. The molecule has 2 rings (SSSR count). The highest BCUT2D eigenvalue weighted by molar-refractivity contribution is 5.75. The summed E-state index contributed by atoms with van der Waals surface area (Å²) in [5.74, 6) is 0. The third-order valence-corrected chi connectivity index (χ3v) is 3.10. The first-order chi connectivity index (χ1) is 9.02. The Bertz CT molecular complexity index is 480. The monoisotopic (exact) mass is 267 g/mol. The molecule has 1 aliphatic rings. The first kappa shape index (κ1) is 13.6. The number of ether oxygens (including phenoxy) is 1. The third kappa shape index (κ3) is 2.77. The predicted octanol–water partition coefficient (Wildman–Crippen LogP) is 0.763. The van der Waals surface area contributed by atoms with Gasteiger partial charge in [-0.15, -0.1) is 0 Å². The van der Waals surface area contributed by atoms with E-state index in [0.29, 0.717) is 18.8 Å². The SMILES string of the molecule is CC1CN(c2cccc(N)c2[N+](=O)[O-])CC(CO)O1. The molecule has 1 saturated heterocycles. The van der Waals surface area contributed by atoms with E-state index in [2.05, 4.69) is 0 Å². The molecule has 0 amide bonds. The van der Waals surface area contributed by atoms with Crippen molar-refractivity contribution in [2.45, 2.75) is 19.1 Å². The zero-order valence-corrected chi connectivity index (χ0v) is 10.7. The lowest BCUT2D eigenvalue weighted by Gasteiger charge is -2.37. The van der Waals surface area contributed by atoms with Gasteiger partial charge in [-0.1, -0.05) is 6.07 Å². The van der Waals surface area contributed by atoms with E-state index < -0.39 is 4.92 Å². The minimum atomic E-state index is -0.473. The predicted molar refractivity (Wildman–Crippen MR) is 71.1 cm³/mol. The van der Waals surface area contributed by atoms with Crippen LogP contribution in [0.15, 0.2) is 18.2 Å². The van der Waals surface area contributed by atoms with Gasteiger partial charge < -0.3 is 20.5 Å². The minimum absolute atomic E-state index is 0.0895. The lowest BCUT2D eigenvalue weighted by molar-refractivity contribution is -0.383. The molecule has 104 valence electrons. The fourth-order valence-electron chi connectivity index (χ4n) is 2.35. The summed E-state index contributed by atoms with van der Waals surface area (Å²) in [6.07, 6.45) is -0.447. The van der Waals surface area contributed by atoms with Crippen LogP contribution in [-0.2, 0) is 4.74 Å². The average Bonchev–Trinajstić information content (AvgIpc) is 2.37. The molecular formula is C12H17N3O4. The number of nitrogens with two attached hydrogens (primary N) is 1. The second-order valence-corrected chi connectivity index (χ2v) is 4.63. The summed E-state index contributed by atoms with van der Waals surface area (Å²) in [6, 6.07) is 4.86. The zero-order chi connectivity index (χ0) is 14.0. The van der Waals surface area contributed by atoms with Crippen molar-refractivity contribution in [3.8, 4) is 0 Å². The van der Waals surface area contributed by atoms with E-state index in [4.69, 9.17) is 10.5 Å². The van der Waals surface area contributed by atoms with E-state index in [1.807, 2.05) is 11.8 Å². The maximum atomic E-state index is 11.1. The number of hydrogen-bond acceptors (Lipinski definition) is 6. The topological polar surface area (TPSA) is 102 Å². The number of aliphatic hydroxyl groups excluding tert-OH is 1. The summed E-state index contributed by atoms with van der Waals surface area (Å²) in [7, 11) is 0. The molecule has 2 unspecified atom stereocenters. The van der Waals surface area contributed by atoms with Crippen LogP contribution in [0.5, 0.6) is 0 Å². The highest BCUT2D eigenvalue weighted by atomic mass is 16.6. The van der Waals surface area contributed by atoms with E-state index in [-0.39, 0.29) is 30.2 Å². The van der Waals surface area contributed by atoms with Gasteiger partial charge in [0, 0.05) is 13.1 Å². The number of nitrogen functional groups attached to an aromatic ring is 1. The van der Waals surface area contributed by atoms with Gasteiger partial charge in [0.2, 0.25) is 0 Å². The largest absolute Gasteiger partial charge is 0.394 e. The van der Waals surface area contributed by atoms with Gasteiger partial charge in [0.15, 0.2) is 0 Å². The van der Waals surface area contributed by atoms with Crippen LogP contribution in [-0.4, -0.2) is 41.9 Å². The van der Waals surface area contributed by atoms with Gasteiger partial charge in [-0.25, -0.2) is 0 Å². The van der Waals surface area contributed by atoms with Crippen molar-refractivity contribution in [2.75, 3.05) is 30.3 Å². The summed E-state index contributed by atoms with van der Waals surface area (Å²) in [4.78, 5) is 12.5. The van der Waals surface area contributed by atoms with Crippen LogP contribution in [0.1, 0.15) is 6.92 Å². The highest BCUT2D eigenvalue weighted by Crippen LogP contribution is 2.34. The molecular weight excluding hydrogens is 250 g/mol. The number of morpholine rings is 1. The van der Waals surface area contributed by atoms with Crippen molar-refractivity contribution in [1.82, 2.24) is 0 Å². The summed E-state index contributed by atoms with van der Waals surface area (Å²) in [6.45, 7) is 2.69. The fourth-order valence-corrected chi connectivity index (χ4v) is 2.35. The quantitative estimate of drug-likeness (QED) is 0.476. The van der Waals surface area contributed by atoms with E-state index in [9.17, 15) is 15.2 Å². The molecule has 0 radical (unpaired) electrons. The number of nitrogens with zero attached hydrogens (tertiary/aromatic N) is 2. The lowest BCUT2D eigenvalue weighted by Crippen LogP contribution is -2.48. The van der Waals surface area contributed by atoms with Crippen molar-refractivity contribution in [1.29, 1.82) is 0 Å². The average molecular weight is 267 g/mol. The number of rotatable bonds is 3. The molecule has 7 nitrogen and oxygen atoms in total. The first-order valence-electron chi connectivity index (χ1n) is 6.07. The number of aliphatic hydroxyl groups is 1. The number of hydrogen-bond donors (Lipinski definition) is 2. The van der Waals surface area contributed by atoms with Gasteiger partial charge in [-0.2, -0.15) is 0 Å². The van der Waals surface area contributed by atoms with Crippen LogP contribution in [0.4, 0.5) is 17.1 Å². The van der Waals surface area contributed by atoms with Gasteiger partial charge >= 0.3 is 5.69 Å². The molecule has 19 heavy (non-hydrogen) atoms. The van der Waals surface area contributed by atoms with Crippen molar-refractivity contribution in [2.24, 2.45) is 0 Å². The van der Waals surface area contributed by atoms with Gasteiger partial charge in [0.25, 0.3) is 0 Å². The van der Waals surface area contributed by atoms with Crippen molar-refractivity contribution in [3.05, 3.63) is 28.3 Å². The lowest BCUT2D eigenvalue weighted by atomic mass is 10.1. The normalized spacial score (nSPS) is 23.4. The highest BCUT2D eigenvalue weighted by Gasteiger charge is 2.30. The summed E-state index contributed by atoms with van der Waals surface area (Å²) in [5, 5.41) is 20.3. The Labute approximate surface area is 110 Å². The molecule has 1 heterocycles. The molecule has 0 aliphatic carbocycles. The van der Waals surface area contributed by atoms with Gasteiger partial charge in [-0.3, -0.25) is 10.1 Å². The molecule has 1 aromatic carbocycles. The number of benzene rings is 1. The Morgan fingerprint density at radius 2 is 2.32 bits per heavy atom. The third-order valence-electron chi connectivity index (χ3n) is 3.10. The molecule has 0 bridgehead atoms. The van der Waals surface area contributed by atoms with Gasteiger partial charge in [-0.05, 0) is 19.1 Å². The molecule has 3 N–H and O–H groups in total. The Kier molecular flexibility index (Phi) is 3.87. The maximum Gasteiger partial charge on any atom is 0.315 e. The van der Waals surface area contributed by atoms with E-state index in [1.54, 1.807) is 12.1 Å². The second-order valence-electron chi connectivity index (χ2n) is 4.63. The number of nitro benzene ring substituents is 1. The number of nitro groups is 1. The Balaban J connectivity index is 2.35. The minimum Gasteiger partial charge on any atom is -0.394 e. The molecule has 0 aromatic heterocycles. The standard InChI is InChI=1S/C12H17N3O4/c1-8-5-14(6-9(7-16)19-8)11-4-2-3-10(13)12(11)15(17)18/h2-4,8-9,16H,5-7,13H2,1H3. The number of para-hydroxylation sites is 1. The molecule has 0 spiro atoms. The molecule has 2 atom stereocenters. The van der Waals surface area contributed by atoms with Crippen molar-refractivity contribution >= 4 is 17.1 Å². The van der Waals surface area contributed by atoms with Crippen molar-refractivity contribution in [3.63, 3.8) is 0 Å². The van der Waals surface area contributed by atoms with Gasteiger partial charge in [0.05, 0.1) is 23.7 Å². The van der Waals surface area contributed by atoms with Crippen LogP contribution in [0, 0.1) is 10.1 Å². The maximum absolute atomic E-state index is 11.1. The molecule has 1 aliphatic heterocycles. The summed E-state index contributed by atoms with van der Waals surface area (Å²) in [5.41, 5.74) is 6.20. The Hall–Kier alpha value is -1.86. The van der Waals surface area contributed by atoms with E-state index in [1.165, 1.54) is 6.07 Å². The van der Waals surface area contributed by atoms with E-state index >= 15 is 0 Å². The smallest absolute Gasteiger partial charge is 0.315 e.